The van der Waals surface area contributed by atoms with Crippen molar-refractivity contribution < 1.29 is 14.7 Å². The molecule has 1 N–H and O–H groups in total. The topological polar surface area (TPSA) is 97.0 Å². The second kappa shape index (κ2) is 9.61. The predicted octanol–water partition coefficient (Wildman–Crippen LogP) is 4.36. The number of aliphatic carboxylic acids is 1. The molecule has 0 amide bonds. The lowest BCUT2D eigenvalue weighted by Gasteiger charge is -2.55. The molecule has 36 heavy (non-hydrogen) atoms. The van der Waals surface area contributed by atoms with Crippen LogP contribution in [0.2, 0.25) is 0 Å². The van der Waals surface area contributed by atoms with Crippen LogP contribution < -0.4 is 5.56 Å². The molecule has 0 radical (unpaired) electrons. The van der Waals surface area contributed by atoms with E-state index in [9.17, 15) is 14.7 Å². The first-order chi connectivity index (χ1) is 17.5. The Bertz CT molecular complexity index is 1210. The molecule has 2 saturated carbocycles. The monoisotopic (exact) mass is 492 g/mol. The highest BCUT2D eigenvalue weighted by Gasteiger charge is 2.45. The van der Waals surface area contributed by atoms with Gasteiger partial charge in [-0.05, 0) is 68.9 Å². The Labute approximate surface area is 211 Å². The number of piperidine rings is 2. The number of hydrogen-bond donors (Lipinski definition) is 1. The van der Waals surface area contributed by atoms with Gasteiger partial charge in [0, 0.05) is 24.2 Å². The minimum atomic E-state index is -1.32. The molecule has 4 bridgehead atoms. The van der Waals surface area contributed by atoms with Crippen LogP contribution in [0, 0.1) is 11.8 Å². The maximum atomic E-state index is 13.8. The van der Waals surface area contributed by atoms with Crippen molar-refractivity contribution in [3.05, 3.63) is 40.3 Å². The van der Waals surface area contributed by atoms with Gasteiger partial charge >= 0.3 is 5.97 Å². The van der Waals surface area contributed by atoms with E-state index < -0.39 is 17.2 Å². The number of oxime groups is 1. The summed E-state index contributed by atoms with van der Waals surface area (Å²) >= 11 is 0. The molecule has 1 aromatic heterocycles. The van der Waals surface area contributed by atoms with Gasteiger partial charge in [-0.1, -0.05) is 43.0 Å². The third-order valence-corrected chi connectivity index (χ3v) is 9.30. The Kier molecular flexibility index (Phi) is 6.32. The lowest BCUT2D eigenvalue weighted by atomic mass is 9.68. The zero-order valence-corrected chi connectivity index (χ0v) is 21.0. The van der Waals surface area contributed by atoms with Crippen molar-refractivity contribution in [2.45, 2.75) is 94.8 Å². The summed E-state index contributed by atoms with van der Waals surface area (Å²) in [6.45, 7) is 0. The summed E-state index contributed by atoms with van der Waals surface area (Å²) < 4.78 is 1.82. The maximum Gasteiger partial charge on any atom is 0.360 e. The van der Waals surface area contributed by atoms with Crippen molar-refractivity contribution in [1.82, 2.24) is 14.5 Å². The number of para-hydroxylation sites is 2. The van der Waals surface area contributed by atoms with Crippen LogP contribution in [0.1, 0.15) is 82.4 Å². The van der Waals surface area contributed by atoms with Crippen LogP contribution in [0.3, 0.4) is 0 Å². The fourth-order valence-electron chi connectivity index (χ4n) is 8.08. The molecule has 5 atom stereocenters. The zero-order chi connectivity index (χ0) is 24.8. The molecule has 192 valence electrons. The molecule has 2 saturated heterocycles. The molecular weight excluding hydrogens is 456 g/mol. The molecule has 3 unspecified atom stereocenters. The van der Waals surface area contributed by atoms with Crippen LogP contribution >= 0.6 is 0 Å². The second-order valence-corrected chi connectivity index (χ2v) is 11.4. The number of fused-ring (bicyclic) bond motifs is 5. The van der Waals surface area contributed by atoms with E-state index in [1.807, 2.05) is 28.8 Å². The van der Waals surface area contributed by atoms with Crippen LogP contribution in [-0.4, -0.2) is 56.5 Å². The Balaban J connectivity index is 1.37. The second-order valence-electron chi connectivity index (χ2n) is 11.4. The van der Waals surface area contributed by atoms with Crippen LogP contribution in [0.4, 0.5) is 0 Å². The van der Waals surface area contributed by atoms with Gasteiger partial charge in [-0.3, -0.25) is 9.69 Å². The highest BCUT2D eigenvalue weighted by molar-refractivity contribution is 6.41. The molecule has 8 heteroatoms. The molecule has 8 nitrogen and oxygen atoms in total. The molecule has 0 spiro atoms. The van der Waals surface area contributed by atoms with E-state index in [1.165, 1.54) is 64.9 Å². The smallest absolute Gasteiger partial charge is 0.360 e. The third kappa shape index (κ3) is 4.13. The van der Waals surface area contributed by atoms with Crippen molar-refractivity contribution in [3.63, 3.8) is 0 Å². The number of benzene rings is 1. The first-order valence-electron chi connectivity index (χ1n) is 13.7. The lowest BCUT2D eigenvalue weighted by Crippen LogP contribution is -2.58. The van der Waals surface area contributed by atoms with E-state index in [4.69, 9.17) is 4.84 Å². The van der Waals surface area contributed by atoms with Crippen LogP contribution in [0.15, 0.2) is 34.2 Å². The molecule has 6 rings (SSSR count). The number of hydrogen-bond acceptors (Lipinski definition) is 6. The van der Waals surface area contributed by atoms with Crippen molar-refractivity contribution >= 4 is 22.7 Å². The van der Waals surface area contributed by atoms with E-state index in [1.54, 1.807) is 0 Å². The SMILES string of the molecule is CON=C(C(=O)O)c1nc2ccccc2n([C@@H]2CC3CCC[C@H](C2)N3C2CC3CCCC(C3)C2)c1=O. The number of aromatic nitrogens is 2. The highest BCUT2D eigenvalue weighted by atomic mass is 16.6. The van der Waals surface area contributed by atoms with Crippen molar-refractivity contribution in [2.24, 2.45) is 17.0 Å². The molecule has 2 aliphatic heterocycles. The van der Waals surface area contributed by atoms with E-state index in [0.29, 0.717) is 23.6 Å². The zero-order valence-electron chi connectivity index (χ0n) is 21.0. The summed E-state index contributed by atoms with van der Waals surface area (Å²) in [5.41, 5.74) is 0.363. The molecule has 4 fully saturated rings. The fourth-order valence-corrected chi connectivity index (χ4v) is 8.08. The van der Waals surface area contributed by atoms with Gasteiger partial charge in [-0.25, -0.2) is 9.78 Å². The molecule has 1 aromatic carbocycles. The molecular formula is C28H36N4O4. The number of carboxylic acid groups (broad SMARTS) is 1. The van der Waals surface area contributed by atoms with Crippen LogP contribution in [-0.2, 0) is 9.63 Å². The third-order valence-electron chi connectivity index (χ3n) is 9.30. The first kappa shape index (κ1) is 23.6. The largest absolute Gasteiger partial charge is 0.476 e. The standard InChI is InChI=1S/C28H36N4O4/c1-36-30-26(28(34)35)25-27(33)32(24-11-3-2-10-23(24)29-25)22-15-19-8-5-9-20(16-22)31(19)21-13-17-6-4-7-18(12-17)14-21/h2-3,10-11,17-22H,4-9,12-16H2,1H3,(H,34,35)/t17?,18?,19-,20?,21?,22+/m1/s1. The van der Waals surface area contributed by atoms with Gasteiger partial charge < -0.3 is 14.5 Å². The summed E-state index contributed by atoms with van der Waals surface area (Å²) in [5.74, 6) is 0.465. The Morgan fingerprint density at radius 1 is 0.944 bits per heavy atom. The Morgan fingerprint density at radius 2 is 1.61 bits per heavy atom. The summed E-state index contributed by atoms with van der Waals surface area (Å²) in [6, 6.07) is 9.16. The van der Waals surface area contributed by atoms with Gasteiger partial charge in [-0.2, -0.15) is 0 Å². The van der Waals surface area contributed by atoms with Gasteiger partial charge in [0.05, 0.1) is 11.0 Å². The maximum absolute atomic E-state index is 13.8. The van der Waals surface area contributed by atoms with Crippen LogP contribution in [0.25, 0.3) is 11.0 Å². The average molecular weight is 493 g/mol. The Morgan fingerprint density at radius 3 is 2.28 bits per heavy atom. The lowest BCUT2D eigenvalue weighted by molar-refractivity contribution is -0.129. The summed E-state index contributed by atoms with van der Waals surface area (Å²) in [4.78, 5) is 37.8. The fraction of sp³-hybridized carbons (Fsp3) is 0.643. The van der Waals surface area contributed by atoms with E-state index in [-0.39, 0.29) is 11.7 Å². The van der Waals surface area contributed by atoms with Gasteiger partial charge in [-0.15, -0.1) is 0 Å². The van der Waals surface area contributed by atoms with Gasteiger partial charge in [0.25, 0.3) is 5.56 Å². The van der Waals surface area contributed by atoms with E-state index >= 15 is 0 Å². The van der Waals surface area contributed by atoms with E-state index in [0.717, 1.165) is 30.2 Å². The minimum Gasteiger partial charge on any atom is -0.476 e. The normalized spacial score (nSPS) is 32.9. The van der Waals surface area contributed by atoms with Crippen molar-refractivity contribution in [2.75, 3.05) is 7.11 Å². The summed E-state index contributed by atoms with van der Waals surface area (Å²) in [5, 5.41) is 13.4. The van der Waals surface area contributed by atoms with Crippen molar-refractivity contribution in [1.29, 1.82) is 0 Å². The molecule has 2 aliphatic carbocycles. The van der Waals surface area contributed by atoms with Gasteiger partial charge in [0.1, 0.15) is 7.11 Å². The number of carbonyl (C=O) groups is 1. The molecule has 3 heterocycles. The average Bonchev–Trinajstić information content (AvgIpc) is 2.86. The predicted molar refractivity (Wildman–Crippen MR) is 137 cm³/mol. The van der Waals surface area contributed by atoms with E-state index in [2.05, 4.69) is 15.0 Å². The summed E-state index contributed by atoms with van der Waals surface area (Å²) in [6.07, 6.45) is 13.7. The van der Waals surface area contributed by atoms with Crippen LogP contribution in [0.5, 0.6) is 0 Å². The van der Waals surface area contributed by atoms with Gasteiger partial charge in [0.2, 0.25) is 5.71 Å². The first-order valence-corrected chi connectivity index (χ1v) is 13.7. The molecule has 4 aliphatic rings. The quantitative estimate of drug-likeness (QED) is 0.492. The van der Waals surface area contributed by atoms with Crippen molar-refractivity contribution in [3.8, 4) is 0 Å². The van der Waals surface area contributed by atoms with Gasteiger partial charge in [0.15, 0.2) is 5.69 Å². The minimum absolute atomic E-state index is 0.0105. The highest BCUT2D eigenvalue weighted by Crippen LogP contribution is 2.47. The number of nitrogens with zero attached hydrogens (tertiary/aromatic N) is 4. The molecule has 2 aromatic rings. The number of rotatable bonds is 5. The number of carboxylic acids is 1. The summed E-state index contributed by atoms with van der Waals surface area (Å²) in [7, 11) is 1.28. The Hall–Kier alpha value is -2.74.